The zero-order valence-corrected chi connectivity index (χ0v) is 18.7. The Hall–Kier alpha value is -2.53. The first-order chi connectivity index (χ1) is 14.5. The summed E-state index contributed by atoms with van der Waals surface area (Å²) in [6.07, 6.45) is 0.976. The summed E-state index contributed by atoms with van der Waals surface area (Å²) in [4.78, 5) is 17.1. The minimum Gasteiger partial charge on any atom is -0.497 e. The number of methoxy groups -OCH3 is 1. The second-order valence-electron chi connectivity index (χ2n) is 8.34. The second-order valence-corrected chi connectivity index (χ2v) is 8.34. The molecule has 0 radical (unpaired) electrons. The largest absolute Gasteiger partial charge is 0.497 e. The van der Waals surface area contributed by atoms with Crippen LogP contribution in [0.1, 0.15) is 42.9 Å². The first-order valence-electron chi connectivity index (χ1n) is 10.8. The van der Waals surface area contributed by atoms with Gasteiger partial charge >= 0.3 is 0 Å². The zero-order chi connectivity index (χ0) is 21.5. The van der Waals surface area contributed by atoms with Gasteiger partial charge in [-0.25, -0.2) is 0 Å². The van der Waals surface area contributed by atoms with E-state index in [-0.39, 0.29) is 12.5 Å². The molecule has 0 N–H and O–H groups in total. The molecule has 3 rings (SSSR count). The van der Waals surface area contributed by atoms with Crippen molar-refractivity contribution in [2.45, 2.75) is 39.7 Å². The maximum Gasteiger partial charge on any atom is 0.260 e. The van der Waals surface area contributed by atoms with E-state index >= 15 is 0 Å². The van der Waals surface area contributed by atoms with Crippen LogP contribution >= 0.6 is 0 Å². The van der Waals surface area contributed by atoms with Gasteiger partial charge in [0.15, 0.2) is 6.61 Å². The SMILES string of the molecule is COc1ccc(CN2CCCN(C(=O)COc3cc(C)ccc3C(C)C)CC2)cc1. The topological polar surface area (TPSA) is 42.0 Å². The Morgan fingerprint density at radius 2 is 1.80 bits per heavy atom. The van der Waals surface area contributed by atoms with Crippen LogP contribution in [0, 0.1) is 6.92 Å². The van der Waals surface area contributed by atoms with E-state index in [4.69, 9.17) is 9.47 Å². The number of nitrogens with zero attached hydrogens (tertiary/aromatic N) is 2. The number of benzene rings is 2. The molecule has 5 nitrogen and oxygen atoms in total. The predicted octanol–water partition coefficient (Wildman–Crippen LogP) is 4.24. The van der Waals surface area contributed by atoms with Crippen LogP contribution in [-0.2, 0) is 11.3 Å². The summed E-state index contributed by atoms with van der Waals surface area (Å²) in [5, 5.41) is 0. The lowest BCUT2D eigenvalue weighted by molar-refractivity contribution is -0.133. The molecule has 162 valence electrons. The molecule has 0 saturated carbocycles. The average Bonchev–Trinajstić information content (AvgIpc) is 2.98. The zero-order valence-electron chi connectivity index (χ0n) is 18.7. The number of hydrogen-bond donors (Lipinski definition) is 0. The van der Waals surface area contributed by atoms with Crippen LogP contribution < -0.4 is 9.47 Å². The minimum absolute atomic E-state index is 0.0671. The monoisotopic (exact) mass is 410 g/mol. The Bertz CT molecular complexity index is 833. The molecule has 0 unspecified atom stereocenters. The quantitative estimate of drug-likeness (QED) is 0.685. The molecule has 1 aliphatic rings. The second kappa shape index (κ2) is 10.5. The van der Waals surface area contributed by atoms with Crippen molar-refractivity contribution >= 4 is 5.91 Å². The van der Waals surface area contributed by atoms with Gasteiger partial charge < -0.3 is 14.4 Å². The fourth-order valence-electron chi connectivity index (χ4n) is 3.84. The number of carbonyl (C=O) groups excluding carboxylic acids is 1. The third-order valence-corrected chi connectivity index (χ3v) is 5.65. The average molecular weight is 411 g/mol. The Morgan fingerprint density at radius 1 is 1.03 bits per heavy atom. The highest BCUT2D eigenvalue weighted by molar-refractivity contribution is 5.77. The molecule has 1 fully saturated rings. The Balaban J connectivity index is 1.52. The van der Waals surface area contributed by atoms with Crippen molar-refractivity contribution in [2.24, 2.45) is 0 Å². The molecular formula is C25H34N2O3. The van der Waals surface area contributed by atoms with Gasteiger partial charge in [-0.15, -0.1) is 0 Å². The summed E-state index contributed by atoms with van der Waals surface area (Å²) in [5.41, 5.74) is 3.56. The maximum atomic E-state index is 12.8. The van der Waals surface area contributed by atoms with E-state index in [9.17, 15) is 4.79 Å². The third-order valence-electron chi connectivity index (χ3n) is 5.65. The number of hydrogen-bond acceptors (Lipinski definition) is 4. The summed E-state index contributed by atoms with van der Waals surface area (Å²) in [6.45, 7) is 10.7. The van der Waals surface area contributed by atoms with Gasteiger partial charge in [0.05, 0.1) is 7.11 Å². The van der Waals surface area contributed by atoms with E-state index in [1.165, 1.54) is 5.56 Å². The van der Waals surface area contributed by atoms with Crippen LogP contribution in [0.2, 0.25) is 0 Å². The summed E-state index contributed by atoms with van der Waals surface area (Å²) in [5.74, 6) is 2.13. The minimum atomic E-state index is 0.0671. The molecule has 1 amide bonds. The van der Waals surface area contributed by atoms with Crippen LogP contribution in [-0.4, -0.2) is 55.6 Å². The van der Waals surface area contributed by atoms with E-state index in [0.29, 0.717) is 5.92 Å². The molecule has 5 heteroatoms. The van der Waals surface area contributed by atoms with Crippen molar-refractivity contribution in [1.29, 1.82) is 0 Å². The molecule has 0 atom stereocenters. The molecule has 1 saturated heterocycles. The van der Waals surface area contributed by atoms with Crippen molar-refractivity contribution in [3.8, 4) is 11.5 Å². The van der Waals surface area contributed by atoms with Gasteiger partial charge in [0.1, 0.15) is 11.5 Å². The summed E-state index contributed by atoms with van der Waals surface area (Å²) >= 11 is 0. The van der Waals surface area contributed by atoms with Crippen LogP contribution in [0.25, 0.3) is 0 Å². The first kappa shape index (κ1) is 22.2. The van der Waals surface area contributed by atoms with E-state index in [1.54, 1.807) is 7.11 Å². The molecule has 0 aliphatic carbocycles. The standard InChI is InChI=1S/C25H34N2O3/c1-19(2)23-11-6-20(3)16-24(23)30-18-25(28)27-13-5-12-26(14-15-27)17-21-7-9-22(29-4)10-8-21/h6-11,16,19H,5,12-15,17-18H2,1-4H3. The van der Waals surface area contributed by atoms with Crippen LogP contribution in [0.3, 0.4) is 0 Å². The lowest BCUT2D eigenvalue weighted by Crippen LogP contribution is -2.38. The highest BCUT2D eigenvalue weighted by atomic mass is 16.5. The Kier molecular flexibility index (Phi) is 7.75. The fourth-order valence-corrected chi connectivity index (χ4v) is 3.84. The normalized spacial score (nSPS) is 15.2. The van der Waals surface area contributed by atoms with Crippen molar-refractivity contribution in [1.82, 2.24) is 9.80 Å². The lowest BCUT2D eigenvalue weighted by atomic mass is 10.0. The van der Waals surface area contributed by atoms with Gasteiger partial charge in [-0.2, -0.15) is 0 Å². The summed E-state index contributed by atoms with van der Waals surface area (Å²) in [6, 6.07) is 14.4. The van der Waals surface area contributed by atoms with Gasteiger partial charge in [0.25, 0.3) is 5.91 Å². The molecule has 1 heterocycles. The molecule has 0 bridgehead atoms. The molecule has 0 aromatic heterocycles. The third kappa shape index (κ3) is 5.99. The summed E-state index contributed by atoms with van der Waals surface area (Å²) in [7, 11) is 1.68. The van der Waals surface area contributed by atoms with Crippen molar-refractivity contribution in [2.75, 3.05) is 39.9 Å². The van der Waals surface area contributed by atoms with Crippen LogP contribution in [0.4, 0.5) is 0 Å². The highest BCUT2D eigenvalue weighted by Gasteiger charge is 2.20. The molecule has 2 aromatic rings. The number of rotatable bonds is 7. The van der Waals surface area contributed by atoms with Gasteiger partial charge in [0.2, 0.25) is 0 Å². The van der Waals surface area contributed by atoms with Gasteiger partial charge in [-0.1, -0.05) is 38.1 Å². The number of aryl methyl sites for hydroxylation is 1. The number of ether oxygens (including phenoxy) is 2. The fraction of sp³-hybridized carbons (Fsp3) is 0.480. The number of carbonyl (C=O) groups is 1. The van der Waals surface area contributed by atoms with Crippen LogP contribution in [0.5, 0.6) is 11.5 Å². The Morgan fingerprint density at radius 3 is 2.50 bits per heavy atom. The van der Waals surface area contributed by atoms with E-state index in [1.807, 2.05) is 30.0 Å². The van der Waals surface area contributed by atoms with E-state index in [0.717, 1.165) is 61.8 Å². The smallest absolute Gasteiger partial charge is 0.260 e. The Labute approximate surface area is 180 Å². The number of amides is 1. The molecule has 1 aliphatic heterocycles. The van der Waals surface area contributed by atoms with Crippen molar-refractivity contribution in [3.63, 3.8) is 0 Å². The predicted molar refractivity (Wildman–Crippen MR) is 120 cm³/mol. The highest BCUT2D eigenvalue weighted by Crippen LogP contribution is 2.27. The molecular weight excluding hydrogens is 376 g/mol. The van der Waals surface area contributed by atoms with Crippen molar-refractivity contribution < 1.29 is 14.3 Å². The summed E-state index contributed by atoms with van der Waals surface area (Å²) < 4.78 is 11.2. The first-order valence-corrected chi connectivity index (χ1v) is 10.8. The van der Waals surface area contributed by atoms with Gasteiger partial charge in [-0.05, 0) is 54.2 Å². The van der Waals surface area contributed by atoms with E-state index in [2.05, 4.69) is 43.0 Å². The molecule has 30 heavy (non-hydrogen) atoms. The van der Waals surface area contributed by atoms with Crippen LogP contribution in [0.15, 0.2) is 42.5 Å². The van der Waals surface area contributed by atoms with Crippen molar-refractivity contribution in [3.05, 3.63) is 59.2 Å². The molecule has 2 aromatic carbocycles. The van der Waals surface area contributed by atoms with Gasteiger partial charge in [-0.3, -0.25) is 9.69 Å². The van der Waals surface area contributed by atoms with E-state index < -0.39 is 0 Å². The lowest BCUT2D eigenvalue weighted by Gasteiger charge is -2.23. The maximum absolute atomic E-state index is 12.8. The van der Waals surface area contributed by atoms with Gasteiger partial charge in [0, 0.05) is 32.7 Å². The molecule has 0 spiro atoms.